The summed E-state index contributed by atoms with van der Waals surface area (Å²) in [5.74, 6) is 1.20. The van der Waals surface area contributed by atoms with E-state index in [9.17, 15) is 4.79 Å². The fraction of sp³-hybridized carbons (Fsp3) is 0.409. The second-order valence-electron chi connectivity index (χ2n) is 7.61. The van der Waals surface area contributed by atoms with E-state index < -0.39 is 6.10 Å². The average molecular weight is 388 g/mol. The Bertz CT molecular complexity index is 834. The molecule has 2 atom stereocenters. The van der Waals surface area contributed by atoms with Crippen LogP contribution in [0, 0.1) is 6.92 Å². The summed E-state index contributed by atoms with van der Waals surface area (Å²) in [5.41, 5.74) is 1.77. The first-order chi connectivity index (χ1) is 12.8. The molecule has 0 saturated carbocycles. The lowest BCUT2D eigenvalue weighted by Crippen LogP contribution is -2.45. The Balaban J connectivity index is 1.79. The molecule has 4 nitrogen and oxygen atoms in total. The number of aryl methyl sites for hydroxylation is 1. The Hall–Kier alpha value is -2.20. The minimum atomic E-state index is -0.607. The number of nitrogens with one attached hydrogen (secondary N) is 1. The third-order valence-electron chi connectivity index (χ3n) is 4.71. The summed E-state index contributed by atoms with van der Waals surface area (Å²) in [4.78, 5) is 12.9. The molecule has 1 aliphatic heterocycles. The molecular formula is C22H26ClNO3. The maximum Gasteiger partial charge on any atom is 0.261 e. The number of hydrogen-bond acceptors (Lipinski definition) is 3. The van der Waals surface area contributed by atoms with Gasteiger partial charge in [-0.05, 0) is 51.0 Å². The summed E-state index contributed by atoms with van der Waals surface area (Å²) < 4.78 is 12.0. The Morgan fingerprint density at radius 1 is 1.33 bits per heavy atom. The SMILES string of the molecule is CC[C@H](Oc1ccccc1Cl)C(=O)N[C@@H]1CC(C)(C)Oc2cc(C)ccc21. The van der Waals surface area contributed by atoms with Crippen LogP contribution < -0.4 is 14.8 Å². The van der Waals surface area contributed by atoms with Crippen molar-refractivity contribution in [1.82, 2.24) is 5.32 Å². The summed E-state index contributed by atoms with van der Waals surface area (Å²) in [5, 5.41) is 3.65. The lowest BCUT2D eigenvalue weighted by atomic mass is 9.89. The van der Waals surface area contributed by atoms with Gasteiger partial charge in [0.1, 0.15) is 17.1 Å². The highest BCUT2D eigenvalue weighted by atomic mass is 35.5. The molecule has 0 aliphatic carbocycles. The smallest absolute Gasteiger partial charge is 0.261 e. The van der Waals surface area contributed by atoms with Gasteiger partial charge in [-0.1, -0.05) is 42.8 Å². The van der Waals surface area contributed by atoms with Crippen molar-refractivity contribution in [2.75, 3.05) is 0 Å². The third kappa shape index (κ3) is 4.56. The van der Waals surface area contributed by atoms with Crippen molar-refractivity contribution in [3.05, 3.63) is 58.6 Å². The normalized spacial score (nSPS) is 18.8. The number of rotatable bonds is 5. The molecule has 0 radical (unpaired) electrons. The average Bonchev–Trinajstić information content (AvgIpc) is 2.59. The van der Waals surface area contributed by atoms with Gasteiger partial charge in [0, 0.05) is 12.0 Å². The van der Waals surface area contributed by atoms with Gasteiger partial charge < -0.3 is 14.8 Å². The maximum absolute atomic E-state index is 12.9. The molecule has 0 saturated heterocycles. The van der Waals surface area contributed by atoms with Crippen molar-refractivity contribution in [2.24, 2.45) is 0 Å². The number of benzene rings is 2. The molecular weight excluding hydrogens is 362 g/mol. The van der Waals surface area contributed by atoms with Gasteiger partial charge in [-0.2, -0.15) is 0 Å². The van der Waals surface area contributed by atoms with E-state index in [1.165, 1.54) is 0 Å². The Morgan fingerprint density at radius 3 is 2.78 bits per heavy atom. The number of amides is 1. The van der Waals surface area contributed by atoms with E-state index >= 15 is 0 Å². The van der Waals surface area contributed by atoms with Gasteiger partial charge in [-0.3, -0.25) is 4.79 Å². The molecule has 1 N–H and O–H groups in total. The number of ether oxygens (including phenoxy) is 2. The second-order valence-corrected chi connectivity index (χ2v) is 8.02. The summed E-state index contributed by atoms with van der Waals surface area (Å²) in [7, 11) is 0. The van der Waals surface area contributed by atoms with Gasteiger partial charge in [0.15, 0.2) is 6.10 Å². The monoisotopic (exact) mass is 387 g/mol. The third-order valence-corrected chi connectivity index (χ3v) is 5.02. The van der Waals surface area contributed by atoms with Crippen LogP contribution in [0.3, 0.4) is 0 Å². The Labute approximate surface area is 165 Å². The number of carbonyl (C=O) groups is 1. The van der Waals surface area contributed by atoms with Crippen LogP contribution in [-0.2, 0) is 4.79 Å². The topological polar surface area (TPSA) is 47.6 Å². The minimum absolute atomic E-state index is 0.124. The first kappa shape index (κ1) is 19.6. The minimum Gasteiger partial charge on any atom is -0.487 e. The molecule has 0 unspecified atom stereocenters. The molecule has 0 fully saturated rings. The summed E-state index contributed by atoms with van der Waals surface area (Å²) in [6.07, 6.45) is 0.631. The van der Waals surface area contributed by atoms with Crippen LogP contribution in [0.1, 0.15) is 50.8 Å². The van der Waals surface area contributed by atoms with Crippen LogP contribution in [0.4, 0.5) is 0 Å². The van der Waals surface area contributed by atoms with Crippen molar-refractivity contribution < 1.29 is 14.3 Å². The van der Waals surface area contributed by atoms with Crippen LogP contribution in [0.25, 0.3) is 0 Å². The first-order valence-electron chi connectivity index (χ1n) is 9.30. The van der Waals surface area contributed by atoms with Crippen molar-refractivity contribution in [1.29, 1.82) is 0 Å². The molecule has 2 aromatic rings. The molecule has 144 valence electrons. The van der Waals surface area contributed by atoms with E-state index in [1.807, 2.05) is 58.0 Å². The second kappa shape index (κ2) is 7.81. The van der Waals surface area contributed by atoms with Crippen molar-refractivity contribution >= 4 is 17.5 Å². The molecule has 1 aliphatic rings. The fourth-order valence-corrected chi connectivity index (χ4v) is 3.55. The van der Waals surface area contributed by atoms with Crippen molar-refractivity contribution in [3.63, 3.8) is 0 Å². The predicted molar refractivity (Wildman–Crippen MR) is 108 cm³/mol. The number of para-hydroxylation sites is 1. The van der Waals surface area contributed by atoms with Gasteiger partial charge in [0.25, 0.3) is 5.91 Å². The van der Waals surface area contributed by atoms with E-state index in [0.717, 1.165) is 16.9 Å². The standard InChI is InChI=1S/C22H26ClNO3/c1-5-18(26-19-9-7-6-8-16(19)23)21(25)24-17-13-22(3,4)27-20-12-14(2)10-11-15(17)20/h6-12,17-18H,5,13H2,1-4H3,(H,24,25)/t17-,18+/m1/s1. The number of halogens is 1. The Morgan fingerprint density at radius 2 is 2.07 bits per heavy atom. The predicted octanol–water partition coefficient (Wildman–Crippen LogP) is 5.22. The van der Waals surface area contributed by atoms with Gasteiger partial charge in [0.05, 0.1) is 11.1 Å². The lowest BCUT2D eigenvalue weighted by molar-refractivity contribution is -0.129. The van der Waals surface area contributed by atoms with Crippen LogP contribution in [0.5, 0.6) is 11.5 Å². The molecule has 0 bridgehead atoms. The highest BCUT2D eigenvalue weighted by Gasteiger charge is 2.35. The summed E-state index contributed by atoms with van der Waals surface area (Å²) in [6, 6.07) is 13.2. The zero-order chi connectivity index (χ0) is 19.6. The largest absolute Gasteiger partial charge is 0.487 e. The van der Waals surface area contributed by atoms with Crippen LogP contribution in [-0.4, -0.2) is 17.6 Å². The fourth-order valence-electron chi connectivity index (χ4n) is 3.37. The molecule has 27 heavy (non-hydrogen) atoms. The van der Waals surface area contributed by atoms with E-state index in [2.05, 4.69) is 5.32 Å². The molecule has 0 spiro atoms. The van der Waals surface area contributed by atoms with Gasteiger partial charge in [0.2, 0.25) is 0 Å². The van der Waals surface area contributed by atoms with E-state index in [0.29, 0.717) is 23.6 Å². The number of carbonyl (C=O) groups excluding carboxylic acids is 1. The highest BCUT2D eigenvalue weighted by Crippen LogP contribution is 2.40. The lowest BCUT2D eigenvalue weighted by Gasteiger charge is -2.38. The molecule has 0 aromatic heterocycles. The molecule has 3 rings (SSSR count). The van der Waals surface area contributed by atoms with E-state index in [-0.39, 0.29) is 17.6 Å². The van der Waals surface area contributed by atoms with E-state index in [4.69, 9.17) is 21.1 Å². The van der Waals surface area contributed by atoms with Crippen LogP contribution in [0.15, 0.2) is 42.5 Å². The van der Waals surface area contributed by atoms with Gasteiger partial charge in [-0.15, -0.1) is 0 Å². The van der Waals surface area contributed by atoms with E-state index in [1.54, 1.807) is 12.1 Å². The zero-order valence-electron chi connectivity index (χ0n) is 16.2. The summed E-state index contributed by atoms with van der Waals surface area (Å²) in [6.45, 7) is 8.03. The quantitative estimate of drug-likeness (QED) is 0.764. The highest BCUT2D eigenvalue weighted by molar-refractivity contribution is 6.32. The summed E-state index contributed by atoms with van der Waals surface area (Å²) >= 11 is 6.17. The van der Waals surface area contributed by atoms with Gasteiger partial charge in [-0.25, -0.2) is 0 Å². The van der Waals surface area contributed by atoms with Gasteiger partial charge >= 0.3 is 0 Å². The molecule has 1 heterocycles. The van der Waals surface area contributed by atoms with Crippen LogP contribution in [0.2, 0.25) is 5.02 Å². The molecule has 5 heteroatoms. The zero-order valence-corrected chi connectivity index (χ0v) is 17.0. The first-order valence-corrected chi connectivity index (χ1v) is 9.68. The molecule has 1 amide bonds. The van der Waals surface area contributed by atoms with Crippen molar-refractivity contribution in [2.45, 2.75) is 58.3 Å². The van der Waals surface area contributed by atoms with Crippen LogP contribution >= 0.6 is 11.6 Å². The van der Waals surface area contributed by atoms with Crippen molar-refractivity contribution in [3.8, 4) is 11.5 Å². The number of fused-ring (bicyclic) bond motifs is 1. The Kier molecular flexibility index (Phi) is 5.66. The number of hydrogen-bond donors (Lipinski definition) is 1. The maximum atomic E-state index is 12.9. The molecule has 2 aromatic carbocycles.